The second kappa shape index (κ2) is 5.08. The summed E-state index contributed by atoms with van der Waals surface area (Å²) in [7, 11) is 1.31. The highest BCUT2D eigenvalue weighted by Crippen LogP contribution is 2.44. The summed E-state index contributed by atoms with van der Waals surface area (Å²) in [6.45, 7) is 2.01. The van der Waals surface area contributed by atoms with E-state index >= 15 is 0 Å². The van der Waals surface area contributed by atoms with Crippen molar-refractivity contribution in [1.82, 2.24) is 4.90 Å². The van der Waals surface area contributed by atoms with E-state index in [9.17, 15) is 9.59 Å². The lowest BCUT2D eigenvalue weighted by molar-refractivity contribution is -0.140. The van der Waals surface area contributed by atoms with Gasteiger partial charge in [0.05, 0.1) is 19.8 Å². The summed E-state index contributed by atoms with van der Waals surface area (Å²) >= 11 is 0. The zero-order chi connectivity index (χ0) is 13.1. The van der Waals surface area contributed by atoms with Gasteiger partial charge < -0.3 is 9.47 Å². The molecule has 2 rings (SSSR count). The monoisotopic (exact) mass is 249 g/mol. The number of ether oxygens (including phenoxy) is 2. The molecule has 1 aromatic carbocycles. The van der Waals surface area contributed by atoms with Crippen molar-refractivity contribution in [3.63, 3.8) is 0 Å². The molecular formula is C13H15NO4. The van der Waals surface area contributed by atoms with Crippen molar-refractivity contribution < 1.29 is 19.1 Å². The van der Waals surface area contributed by atoms with Crippen LogP contribution in [0.3, 0.4) is 0 Å². The number of nitrogens with zero attached hydrogens (tertiary/aromatic N) is 1. The third-order valence-corrected chi connectivity index (χ3v) is 2.87. The molecule has 0 bridgehead atoms. The van der Waals surface area contributed by atoms with Crippen LogP contribution in [-0.4, -0.2) is 36.7 Å². The van der Waals surface area contributed by atoms with Crippen LogP contribution in [0.2, 0.25) is 0 Å². The van der Waals surface area contributed by atoms with Gasteiger partial charge in [0.15, 0.2) is 6.04 Å². The highest BCUT2D eigenvalue weighted by atomic mass is 16.6. The molecule has 96 valence electrons. The van der Waals surface area contributed by atoms with E-state index in [0.717, 1.165) is 5.56 Å². The molecule has 0 N–H and O–H groups in total. The number of amides is 1. The Bertz CT molecular complexity index is 446. The number of methoxy groups -OCH3 is 1. The molecule has 1 fully saturated rings. The number of rotatable bonds is 3. The van der Waals surface area contributed by atoms with Crippen LogP contribution in [0.4, 0.5) is 4.79 Å². The van der Waals surface area contributed by atoms with Crippen molar-refractivity contribution in [1.29, 1.82) is 0 Å². The number of esters is 1. The Kier molecular flexibility index (Phi) is 3.50. The lowest BCUT2D eigenvalue weighted by atomic mass is 10.1. The molecular weight excluding hydrogens is 234 g/mol. The van der Waals surface area contributed by atoms with Gasteiger partial charge in [0.2, 0.25) is 0 Å². The fraction of sp³-hybridized carbons (Fsp3) is 0.385. The summed E-state index contributed by atoms with van der Waals surface area (Å²) in [5.74, 6) is -0.420. The summed E-state index contributed by atoms with van der Waals surface area (Å²) in [5, 5.41) is 0. The second-order valence-corrected chi connectivity index (χ2v) is 3.93. The largest absolute Gasteiger partial charge is 0.467 e. The summed E-state index contributed by atoms with van der Waals surface area (Å²) in [6, 6.07) is 8.51. The lowest BCUT2D eigenvalue weighted by Gasteiger charge is -2.04. The molecule has 5 nitrogen and oxygen atoms in total. The third kappa shape index (κ3) is 2.16. The second-order valence-electron chi connectivity index (χ2n) is 3.93. The van der Waals surface area contributed by atoms with E-state index in [4.69, 9.17) is 9.47 Å². The third-order valence-electron chi connectivity index (χ3n) is 2.87. The molecule has 0 aliphatic carbocycles. The van der Waals surface area contributed by atoms with Crippen molar-refractivity contribution in [2.24, 2.45) is 0 Å². The highest BCUT2D eigenvalue weighted by molar-refractivity contribution is 5.88. The van der Waals surface area contributed by atoms with Crippen LogP contribution in [0.1, 0.15) is 18.5 Å². The number of hydrogen-bond donors (Lipinski definition) is 0. The first-order valence-electron chi connectivity index (χ1n) is 5.78. The van der Waals surface area contributed by atoms with Gasteiger partial charge in [-0.2, -0.15) is 0 Å². The predicted octanol–water partition coefficient (Wildman–Crippen LogP) is 1.74. The summed E-state index contributed by atoms with van der Waals surface area (Å²) in [4.78, 5) is 24.7. The zero-order valence-electron chi connectivity index (χ0n) is 10.3. The van der Waals surface area contributed by atoms with E-state index in [1.807, 2.05) is 30.3 Å². The minimum Gasteiger partial charge on any atom is -0.467 e. The lowest BCUT2D eigenvalue weighted by Crippen LogP contribution is -2.20. The van der Waals surface area contributed by atoms with Gasteiger partial charge in [0.1, 0.15) is 0 Å². The molecule has 1 amide bonds. The smallest absolute Gasteiger partial charge is 0.411 e. The van der Waals surface area contributed by atoms with E-state index in [1.165, 1.54) is 12.0 Å². The normalized spacial score (nSPS) is 21.3. The van der Waals surface area contributed by atoms with Gasteiger partial charge in [0.25, 0.3) is 0 Å². The van der Waals surface area contributed by atoms with Gasteiger partial charge in [0, 0.05) is 0 Å². The molecule has 1 aliphatic heterocycles. The fourth-order valence-electron chi connectivity index (χ4n) is 2.01. The molecule has 5 heteroatoms. The Morgan fingerprint density at radius 1 is 1.28 bits per heavy atom. The molecule has 1 aromatic rings. The van der Waals surface area contributed by atoms with Crippen LogP contribution in [0.5, 0.6) is 0 Å². The van der Waals surface area contributed by atoms with Crippen molar-refractivity contribution in [2.75, 3.05) is 13.7 Å². The van der Waals surface area contributed by atoms with Gasteiger partial charge in [-0.15, -0.1) is 0 Å². The molecule has 1 aliphatic rings. The minimum atomic E-state index is -0.573. The van der Waals surface area contributed by atoms with Gasteiger partial charge in [-0.1, -0.05) is 30.3 Å². The van der Waals surface area contributed by atoms with Gasteiger partial charge >= 0.3 is 12.1 Å². The average molecular weight is 249 g/mol. The van der Waals surface area contributed by atoms with E-state index in [-0.39, 0.29) is 12.6 Å². The van der Waals surface area contributed by atoms with Crippen LogP contribution in [0.15, 0.2) is 30.3 Å². The SMILES string of the molecule is CCOC(=O)N1[C@@H](C(=O)OC)[C@@H]1c1ccccc1. The fourth-order valence-corrected chi connectivity index (χ4v) is 2.01. The Hall–Kier alpha value is -2.04. The molecule has 0 aromatic heterocycles. The molecule has 0 unspecified atom stereocenters. The predicted molar refractivity (Wildman–Crippen MR) is 63.8 cm³/mol. The number of carbonyl (C=O) groups excluding carboxylic acids is 2. The summed E-state index contributed by atoms with van der Waals surface area (Å²) in [6.07, 6.45) is -0.484. The van der Waals surface area contributed by atoms with E-state index in [1.54, 1.807) is 6.92 Å². The van der Waals surface area contributed by atoms with E-state index in [0.29, 0.717) is 0 Å². The molecule has 0 radical (unpaired) electrons. The van der Waals surface area contributed by atoms with Gasteiger partial charge in [-0.3, -0.25) is 4.90 Å². The Labute approximate surface area is 105 Å². The number of benzene rings is 1. The zero-order valence-corrected chi connectivity index (χ0v) is 10.3. The van der Waals surface area contributed by atoms with Crippen LogP contribution in [-0.2, 0) is 14.3 Å². The first-order chi connectivity index (χ1) is 8.70. The molecule has 2 atom stereocenters. The topological polar surface area (TPSA) is 55.6 Å². The maximum atomic E-state index is 11.7. The van der Waals surface area contributed by atoms with Crippen molar-refractivity contribution >= 4 is 12.1 Å². The van der Waals surface area contributed by atoms with Crippen molar-refractivity contribution in [2.45, 2.75) is 19.0 Å². The van der Waals surface area contributed by atoms with E-state index < -0.39 is 18.1 Å². The first-order valence-corrected chi connectivity index (χ1v) is 5.78. The van der Waals surface area contributed by atoms with Gasteiger partial charge in [-0.05, 0) is 12.5 Å². The van der Waals surface area contributed by atoms with Crippen LogP contribution < -0.4 is 0 Å². The minimum absolute atomic E-state index is 0.280. The van der Waals surface area contributed by atoms with E-state index in [2.05, 4.69) is 0 Å². The molecule has 1 saturated heterocycles. The van der Waals surface area contributed by atoms with Gasteiger partial charge in [-0.25, -0.2) is 9.59 Å². The quantitative estimate of drug-likeness (QED) is 0.605. The number of hydrogen-bond acceptors (Lipinski definition) is 4. The Balaban J connectivity index is 2.18. The molecule has 18 heavy (non-hydrogen) atoms. The molecule has 0 spiro atoms. The maximum absolute atomic E-state index is 11.7. The Morgan fingerprint density at radius 2 is 1.94 bits per heavy atom. The average Bonchev–Trinajstić information content (AvgIpc) is 3.14. The van der Waals surface area contributed by atoms with Crippen LogP contribution in [0, 0.1) is 0 Å². The van der Waals surface area contributed by atoms with Crippen LogP contribution >= 0.6 is 0 Å². The van der Waals surface area contributed by atoms with Crippen LogP contribution in [0.25, 0.3) is 0 Å². The van der Waals surface area contributed by atoms with Crippen molar-refractivity contribution in [3.05, 3.63) is 35.9 Å². The number of carbonyl (C=O) groups is 2. The molecule has 0 saturated carbocycles. The standard InChI is InChI=1S/C13H15NO4/c1-3-18-13(16)14-10(11(14)12(15)17-2)9-7-5-4-6-8-9/h4-8,10-11H,3H2,1-2H3/t10-,11+,14?/m0/s1. The van der Waals surface area contributed by atoms with Crippen molar-refractivity contribution in [3.8, 4) is 0 Å². The highest BCUT2D eigenvalue weighted by Gasteiger charge is 2.58. The molecule has 1 heterocycles. The summed E-state index contributed by atoms with van der Waals surface area (Å²) in [5.41, 5.74) is 0.904. The maximum Gasteiger partial charge on any atom is 0.411 e. The first kappa shape index (κ1) is 12.4. The Morgan fingerprint density at radius 3 is 2.50 bits per heavy atom. The summed E-state index contributed by atoms with van der Waals surface area (Å²) < 4.78 is 9.62.